The number of hydrogen-bond acceptors (Lipinski definition) is 10. The van der Waals surface area contributed by atoms with Crippen molar-refractivity contribution >= 4 is 25.7 Å². The topological polar surface area (TPSA) is 155 Å². The van der Waals surface area contributed by atoms with Crippen LogP contribution in [0.4, 0.5) is 0 Å². The summed E-state index contributed by atoms with van der Waals surface area (Å²) < 4.78 is 39.5. The van der Waals surface area contributed by atoms with Gasteiger partial charge in [0.05, 0.1) is 19.8 Å². The van der Waals surface area contributed by atoms with Crippen molar-refractivity contribution in [1.82, 2.24) is 0 Å². The lowest BCUT2D eigenvalue weighted by atomic mass is 10.1. The van der Waals surface area contributed by atoms with Crippen molar-refractivity contribution in [3.8, 4) is 0 Å². The molecule has 3 unspecified atom stereocenters. The Kier molecular flexibility index (Phi) is 53.4. The highest BCUT2D eigenvalue weighted by Crippen LogP contribution is 2.43. The van der Waals surface area contributed by atoms with Crippen molar-refractivity contribution in [1.29, 1.82) is 0 Å². The molecule has 0 aromatic carbocycles. The summed E-state index contributed by atoms with van der Waals surface area (Å²) in [7, 11) is -4.76. The maximum Gasteiger partial charge on any atom is 0.472 e. The molecule has 2 N–H and O–H groups in total. The molecule has 0 saturated carbocycles. The van der Waals surface area contributed by atoms with Gasteiger partial charge in [0.25, 0.3) is 0 Å². The van der Waals surface area contributed by atoms with Crippen LogP contribution in [-0.4, -0.2) is 66.5 Å². The van der Waals surface area contributed by atoms with Crippen LogP contribution in [0.15, 0.2) is 85.1 Å². The van der Waals surface area contributed by atoms with Gasteiger partial charge in [0, 0.05) is 19.3 Å². The lowest BCUT2D eigenvalue weighted by Crippen LogP contribution is -2.30. The average Bonchev–Trinajstić information content (AvgIpc) is 3.39. The van der Waals surface area contributed by atoms with Gasteiger partial charge in [-0.05, 0) is 109 Å². The molecule has 0 aliphatic carbocycles. The third kappa shape index (κ3) is 53.5. The van der Waals surface area contributed by atoms with E-state index in [1.165, 1.54) is 70.6 Å². The fourth-order valence-electron chi connectivity index (χ4n) is 7.85. The molecule has 0 saturated heterocycles. The second-order valence-electron chi connectivity index (χ2n) is 19.4. The van der Waals surface area contributed by atoms with Crippen molar-refractivity contribution in [3.63, 3.8) is 0 Å². The third-order valence-corrected chi connectivity index (χ3v) is 13.2. The SMILES string of the molecule is CC/C=C\C/C=C\C/C=C\CCCCCCCCCC(=O)OCC(COP(=O)(O)OCC(CO)OC(=O)CCCCC/C=C\C/C=C\C/C=C\CC)OC(=O)CCCCCCCCC/C=C\CCCCCCCC. The summed E-state index contributed by atoms with van der Waals surface area (Å²) >= 11 is 0. The number of esters is 3. The molecule has 0 amide bonds. The van der Waals surface area contributed by atoms with Crippen LogP contribution in [0.5, 0.6) is 0 Å². The fraction of sp³-hybridized carbons (Fsp3) is 0.726. The first kappa shape index (κ1) is 70.7. The molecule has 0 aromatic heterocycles. The Morgan fingerprint density at radius 3 is 1.11 bits per heavy atom. The van der Waals surface area contributed by atoms with Gasteiger partial charge in [0.15, 0.2) is 6.10 Å². The summed E-state index contributed by atoms with van der Waals surface area (Å²) in [4.78, 5) is 48.6. The molecule has 0 heterocycles. The smallest absolute Gasteiger partial charge is 0.462 e. The number of hydrogen-bond donors (Lipinski definition) is 2. The molecule has 0 aliphatic rings. The minimum absolute atomic E-state index is 0.139. The minimum atomic E-state index is -4.76. The Balaban J connectivity index is 4.77. The Labute approximate surface area is 451 Å². The van der Waals surface area contributed by atoms with Gasteiger partial charge in [0.2, 0.25) is 0 Å². The second kappa shape index (κ2) is 55.9. The van der Waals surface area contributed by atoms with Crippen molar-refractivity contribution in [2.45, 2.75) is 264 Å². The Morgan fingerprint density at radius 1 is 0.392 bits per heavy atom. The predicted molar refractivity (Wildman–Crippen MR) is 307 cm³/mol. The van der Waals surface area contributed by atoms with E-state index in [0.29, 0.717) is 19.3 Å². The highest BCUT2D eigenvalue weighted by molar-refractivity contribution is 7.47. The minimum Gasteiger partial charge on any atom is -0.462 e. The van der Waals surface area contributed by atoms with E-state index in [4.69, 9.17) is 23.3 Å². The van der Waals surface area contributed by atoms with E-state index in [9.17, 15) is 28.9 Å². The Bertz CT molecular complexity index is 1560. The number of unbranched alkanes of at least 4 members (excludes halogenated alkanes) is 23. The van der Waals surface area contributed by atoms with E-state index in [-0.39, 0.29) is 25.9 Å². The van der Waals surface area contributed by atoms with Crippen LogP contribution in [0.2, 0.25) is 0 Å². The zero-order chi connectivity index (χ0) is 54.1. The lowest BCUT2D eigenvalue weighted by Gasteiger charge is -2.21. The molecule has 11 nitrogen and oxygen atoms in total. The van der Waals surface area contributed by atoms with Crippen molar-refractivity contribution < 1.29 is 52.2 Å². The van der Waals surface area contributed by atoms with E-state index in [1.54, 1.807) is 0 Å². The van der Waals surface area contributed by atoms with Gasteiger partial charge in [-0.2, -0.15) is 0 Å². The molecule has 0 bridgehead atoms. The molecular formula is C62H107O11P. The zero-order valence-electron chi connectivity index (χ0n) is 47.0. The van der Waals surface area contributed by atoms with Gasteiger partial charge < -0.3 is 24.2 Å². The first-order valence-corrected chi connectivity index (χ1v) is 31.0. The molecule has 426 valence electrons. The summed E-state index contributed by atoms with van der Waals surface area (Å²) in [6.07, 6.45) is 64.0. The van der Waals surface area contributed by atoms with E-state index in [2.05, 4.69) is 106 Å². The number of aliphatic hydroxyl groups is 1. The monoisotopic (exact) mass is 1060 g/mol. The molecule has 0 aromatic rings. The molecule has 0 aliphatic heterocycles. The number of rotatable bonds is 54. The third-order valence-electron chi connectivity index (χ3n) is 12.3. The summed E-state index contributed by atoms with van der Waals surface area (Å²) in [5, 5.41) is 9.81. The number of phosphoric ester groups is 1. The summed E-state index contributed by atoms with van der Waals surface area (Å²) in [6.45, 7) is 4.38. The highest BCUT2D eigenvalue weighted by Gasteiger charge is 2.28. The molecule has 3 atom stereocenters. The Morgan fingerprint density at radius 2 is 0.703 bits per heavy atom. The molecule has 0 radical (unpaired) electrons. The first-order valence-electron chi connectivity index (χ1n) is 29.5. The quantitative estimate of drug-likeness (QED) is 0.0197. The van der Waals surface area contributed by atoms with Gasteiger partial charge in [0.1, 0.15) is 12.7 Å². The molecular weight excluding hydrogens is 952 g/mol. The summed E-state index contributed by atoms with van der Waals surface area (Å²) in [5.41, 5.74) is 0. The zero-order valence-corrected chi connectivity index (χ0v) is 47.9. The standard InChI is InChI=1S/C62H107O11P/c1-4-7-10-13-16-19-22-25-27-29-31-34-36-39-42-45-48-51-60(64)69-55-59(73-62(66)53-50-47-44-41-38-35-32-30-28-26-23-20-17-14-11-8-5-2)57-71-74(67,68)70-56-58(54-63)72-61(65)52-49-46-43-40-37-33-24-21-18-15-12-9-6-3/h7,9-10,12,16,18-19,21,25-28,33,37,58-59,63H,4-6,8,11,13-15,17,20,22-24,29-32,34-36,38-57H2,1-3H3,(H,67,68)/b10-7-,12-9-,19-16-,21-18-,27-25-,28-26-,37-33-. The number of phosphoric acid groups is 1. The number of allylic oxidation sites excluding steroid dienone is 14. The van der Waals surface area contributed by atoms with E-state index < -0.39 is 57.8 Å². The molecule has 12 heteroatoms. The number of aliphatic hydroxyl groups excluding tert-OH is 1. The van der Waals surface area contributed by atoms with Crippen LogP contribution in [0, 0.1) is 0 Å². The number of ether oxygens (including phenoxy) is 3. The number of carbonyl (C=O) groups is 3. The van der Waals surface area contributed by atoms with Crippen LogP contribution in [0.1, 0.15) is 252 Å². The number of carbonyl (C=O) groups excluding carboxylic acids is 3. The van der Waals surface area contributed by atoms with Crippen molar-refractivity contribution in [2.24, 2.45) is 0 Å². The van der Waals surface area contributed by atoms with E-state index in [1.807, 2.05) is 0 Å². The van der Waals surface area contributed by atoms with Gasteiger partial charge in [-0.25, -0.2) is 4.57 Å². The van der Waals surface area contributed by atoms with Crippen LogP contribution in [-0.2, 0) is 42.2 Å². The highest BCUT2D eigenvalue weighted by atomic mass is 31.2. The average molecular weight is 1060 g/mol. The van der Waals surface area contributed by atoms with Gasteiger partial charge in [-0.1, -0.05) is 209 Å². The first-order chi connectivity index (χ1) is 36.2. The largest absolute Gasteiger partial charge is 0.472 e. The van der Waals surface area contributed by atoms with E-state index in [0.717, 1.165) is 122 Å². The van der Waals surface area contributed by atoms with Crippen LogP contribution in [0.3, 0.4) is 0 Å². The van der Waals surface area contributed by atoms with Crippen LogP contribution < -0.4 is 0 Å². The maximum atomic E-state index is 12.9. The molecule has 74 heavy (non-hydrogen) atoms. The Hall–Kier alpha value is -3.34. The fourth-order valence-corrected chi connectivity index (χ4v) is 8.63. The predicted octanol–water partition coefficient (Wildman–Crippen LogP) is 17.5. The van der Waals surface area contributed by atoms with E-state index >= 15 is 0 Å². The van der Waals surface area contributed by atoms with Gasteiger partial charge in [-0.3, -0.25) is 23.4 Å². The van der Waals surface area contributed by atoms with Gasteiger partial charge in [-0.15, -0.1) is 0 Å². The molecule has 0 fully saturated rings. The van der Waals surface area contributed by atoms with Crippen LogP contribution in [0.25, 0.3) is 0 Å². The normalized spacial score (nSPS) is 14.0. The second-order valence-corrected chi connectivity index (χ2v) is 20.8. The lowest BCUT2D eigenvalue weighted by molar-refractivity contribution is -0.161. The maximum absolute atomic E-state index is 12.9. The van der Waals surface area contributed by atoms with Gasteiger partial charge >= 0.3 is 25.7 Å². The van der Waals surface area contributed by atoms with Crippen molar-refractivity contribution in [2.75, 3.05) is 26.4 Å². The summed E-state index contributed by atoms with van der Waals surface area (Å²) in [6, 6.07) is 0. The van der Waals surface area contributed by atoms with Crippen LogP contribution >= 0.6 is 7.82 Å². The molecule has 0 spiro atoms. The van der Waals surface area contributed by atoms with Crippen molar-refractivity contribution in [3.05, 3.63) is 85.1 Å². The molecule has 0 rings (SSSR count). The summed E-state index contributed by atoms with van der Waals surface area (Å²) in [5.74, 6) is -1.51.